The Morgan fingerprint density at radius 2 is 0.891 bits per heavy atom. The van der Waals surface area contributed by atoms with Gasteiger partial charge in [-0.15, -0.1) is 0 Å². The average Bonchev–Trinajstić information content (AvgIpc) is 3.87. The van der Waals surface area contributed by atoms with Gasteiger partial charge in [-0.2, -0.15) is 9.97 Å². The van der Waals surface area contributed by atoms with Crippen LogP contribution in [0, 0.1) is 0 Å². The van der Waals surface area contributed by atoms with Crippen LogP contribution in [0.1, 0.15) is 52.4 Å². The first-order chi connectivity index (χ1) is 31.0. The molecule has 20 heteroatoms. The van der Waals surface area contributed by atoms with Crippen LogP contribution in [0.4, 0.5) is 0 Å². The second kappa shape index (κ2) is 22.6. The SMILES string of the molecule is CCCCCn1c(=O)n(CCOc2cccc(O)c2)c(=O)c2[nH]c(Cl)nc21.CCCCCn1c(=O)n(CCOc2cccc(OCCOc3cccc(O)c3)c2)c(=O)c2[nH]c(Cl)nc21. The molecule has 0 aliphatic rings. The van der Waals surface area contributed by atoms with Crippen molar-refractivity contribution in [3.8, 4) is 34.5 Å². The van der Waals surface area contributed by atoms with Gasteiger partial charge in [0.1, 0.15) is 60.9 Å². The number of phenols is 2. The largest absolute Gasteiger partial charge is 0.508 e. The number of aromatic nitrogens is 8. The fourth-order valence-electron chi connectivity index (χ4n) is 6.74. The number of fused-ring (bicyclic) bond motifs is 2. The molecule has 0 saturated carbocycles. The molecule has 4 N–H and O–H groups in total. The van der Waals surface area contributed by atoms with Crippen LogP contribution >= 0.6 is 23.2 Å². The first-order valence-electron chi connectivity index (χ1n) is 20.9. The van der Waals surface area contributed by atoms with Gasteiger partial charge in [0.15, 0.2) is 22.3 Å². The highest BCUT2D eigenvalue weighted by atomic mass is 35.5. The molecule has 0 amide bonds. The van der Waals surface area contributed by atoms with Crippen molar-refractivity contribution in [3.05, 3.63) is 125 Å². The maximum Gasteiger partial charge on any atom is 0.332 e. The van der Waals surface area contributed by atoms with Gasteiger partial charge in [0.05, 0.1) is 13.1 Å². The van der Waals surface area contributed by atoms with Crippen molar-refractivity contribution in [3.63, 3.8) is 0 Å². The number of rotatable bonds is 21. The molecule has 7 aromatic rings. The van der Waals surface area contributed by atoms with E-state index in [2.05, 4.69) is 33.8 Å². The van der Waals surface area contributed by atoms with Gasteiger partial charge in [-0.1, -0.05) is 57.7 Å². The summed E-state index contributed by atoms with van der Waals surface area (Å²) in [4.78, 5) is 65.2. The third-order valence-electron chi connectivity index (χ3n) is 9.86. The second-order valence-corrected chi connectivity index (χ2v) is 15.2. The Kier molecular flexibility index (Phi) is 16.6. The number of aromatic hydroxyl groups is 2. The number of hydrogen-bond acceptors (Lipinski definition) is 12. The van der Waals surface area contributed by atoms with E-state index in [0.717, 1.165) is 47.7 Å². The maximum atomic E-state index is 13.1. The molecule has 18 nitrogen and oxygen atoms in total. The predicted octanol–water partition coefficient (Wildman–Crippen LogP) is 6.49. The molecule has 4 aromatic heterocycles. The van der Waals surface area contributed by atoms with Gasteiger partial charge in [0, 0.05) is 31.3 Å². The van der Waals surface area contributed by atoms with Crippen LogP contribution in [-0.2, 0) is 26.2 Å². The molecule has 4 heterocycles. The number of imidazole rings is 2. The van der Waals surface area contributed by atoms with Crippen LogP contribution in [0.15, 0.2) is 92.0 Å². The number of benzene rings is 3. The summed E-state index contributed by atoms with van der Waals surface area (Å²) >= 11 is 11.9. The lowest BCUT2D eigenvalue weighted by atomic mass is 10.2. The van der Waals surface area contributed by atoms with E-state index in [0.29, 0.717) is 49.3 Å². The summed E-state index contributed by atoms with van der Waals surface area (Å²) in [6, 6.07) is 19.9. The molecule has 0 atom stereocenters. The summed E-state index contributed by atoms with van der Waals surface area (Å²) in [6.45, 7) is 5.95. The minimum Gasteiger partial charge on any atom is -0.508 e. The van der Waals surface area contributed by atoms with Crippen molar-refractivity contribution in [2.45, 2.75) is 78.6 Å². The minimum absolute atomic E-state index is 0.0564. The number of aromatic amines is 2. The van der Waals surface area contributed by atoms with Gasteiger partial charge in [0.2, 0.25) is 10.6 Å². The van der Waals surface area contributed by atoms with Gasteiger partial charge in [0.25, 0.3) is 11.1 Å². The fourth-order valence-corrected chi connectivity index (χ4v) is 7.09. The summed E-state index contributed by atoms with van der Waals surface area (Å²) in [5.74, 6) is 2.34. The van der Waals surface area contributed by atoms with Gasteiger partial charge in [-0.3, -0.25) is 27.9 Å². The number of ether oxygens (including phenoxy) is 4. The van der Waals surface area contributed by atoms with Crippen molar-refractivity contribution >= 4 is 45.5 Å². The second-order valence-electron chi connectivity index (χ2n) is 14.5. The van der Waals surface area contributed by atoms with E-state index in [-0.39, 0.29) is 70.7 Å². The highest BCUT2D eigenvalue weighted by molar-refractivity contribution is 6.29. The number of nitrogens with one attached hydrogen (secondary N) is 2. The zero-order valence-electron chi connectivity index (χ0n) is 35.4. The Morgan fingerprint density at radius 3 is 1.28 bits per heavy atom. The number of nitrogens with zero attached hydrogens (tertiary/aromatic N) is 6. The van der Waals surface area contributed by atoms with E-state index in [9.17, 15) is 29.4 Å². The predicted molar refractivity (Wildman–Crippen MR) is 243 cm³/mol. The van der Waals surface area contributed by atoms with E-state index in [1.165, 1.54) is 27.3 Å². The van der Waals surface area contributed by atoms with Crippen LogP contribution in [-0.4, -0.2) is 74.8 Å². The number of phenolic OH excluding ortho intramolecular Hbond substituents is 2. The normalized spacial score (nSPS) is 11.1. The Labute approximate surface area is 376 Å². The van der Waals surface area contributed by atoms with Crippen LogP contribution in [0.25, 0.3) is 22.3 Å². The van der Waals surface area contributed by atoms with Gasteiger partial charge < -0.3 is 39.1 Å². The van der Waals surface area contributed by atoms with E-state index in [1.54, 1.807) is 54.6 Å². The molecule has 7 rings (SSSR count). The first-order valence-corrected chi connectivity index (χ1v) is 21.7. The summed E-state index contributed by atoms with van der Waals surface area (Å²) in [5.41, 5.74) is -0.907. The van der Waals surface area contributed by atoms with Gasteiger partial charge >= 0.3 is 11.4 Å². The Balaban J connectivity index is 0.000000223. The van der Waals surface area contributed by atoms with E-state index >= 15 is 0 Å². The number of halogens is 2. The van der Waals surface area contributed by atoms with E-state index in [4.69, 9.17) is 42.1 Å². The Hall–Kier alpha value is -6.66. The molecule has 0 unspecified atom stereocenters. The van der Waals surface area contributed by atoms with Crippen molar-refractivity contribution in [2.24, 2.45) is 0 Å². The van der Waals surface area contributed by atoms with Gasteiger partial charge in [-0.25, -0.2) is 9.59 Å². The lowest BCUT2D eigenvalue weighted by Gasteiger charge is -2.13. The molecule has 64 heavy (non-hydrogen) atoms. The molecule has 0 fully saturated rings. The van der Waals surface area contributed by atoms with Crippen LogP contribution in [0.5, 0.6) is 34.5 Å². The molecule has 0 aliphatic heterocycles. The molecule has 0 radical (unpaired) electrons. The van der Waals surface area contributed by atoms with E-state index in [1.807, 2.05) is 0 Å². The lowest BCUT2D eigenvalue weighted by Crippen LogP contribution is -2.41. The molecule has 0 spiro atoms. The standard InChI is InChI=1S/C26H29ClN4O6.C18H21ClN4O4/c1-2-3-4-11-30-23-22(28-25(27)29-23)24(33)31(26(30)34)12-13-35-20-9-6-10-21(17-20)37-15-14-36-19-8-5-7-18(32)16-19;1-2-3-4-8-22-15-14(20-17(19)21-15)16(25)23(18(22)26)9-10-27-13-7-5-6-12(24)11-13/h5-10,16-17,32H,2-4,11-15H2,1H3,(H,28,29);5-7,11,24H,2-4,8-10H2,1H3,(H,20,21). The monoisotopic (exact) mass is 920 g/mol. The molecular formula is C44H50Cl2N8O10. The number of unbranched alkanes of at least 4 members (excludes halogenated alkanes) is 4. The zero-order valence-corrected chi connectivity index (χ0v) is 36.9. The topological polar surface area (TPSA) is 223 Å². The molecular weight excluding hydrogens is 871 g/mol. The Morgan fingerprint density at radius 1 is 0.516 bits per heavy atom. The zero-order chi connectivity index (χ0) is 45.6. The van der Waals surface area contributed by atoms with Gasteiger partial charge in [-0.05, 0) is 72.4 Å². The minimum atomic E-state index is -0.487. The highest BCUT2D eigenvalue weighted by Gasteiger charge is 2.18. The molecule has 3 aromatic carbocycles. The van der Waals surface area contributed by atoms with Crippen molar-refractivity contribution in [2.75, 3.05) is 26.4 Å². The molecule has 0 bridgehead atoms. The quantitative estimate of drug-likeness (QED) is 0.0449. The number of H-pyrrole nitrogens is 2. The van der Waals surface area contributed by atoms with Crippen LogP contribution in [0.3, 0.4) is 0 Å². The molecule has 0 aliphatic carbocycles. The van der Waals surface area contributed by atoms with Crippen molar-refractivity contribution in [1.29, 1.82) is 0 Å². The number of aryl methyl sites for hydroxylation is 2. The smallest absolute Gasteiger partial charge is 0.332 e. The van der Waals surface area contributed by atoms with Crippen LogP contribution in [0.2, 0.25) is 10.6 Å². The third-order valence-corrected chi connectivity index (χ3v) is 10.2. The van der Waals surface area contributed by atoms with Crippen molar-refractivity contribution < 1.29 is 29.2 Å². The summed E-state index contributed by atoms with van der Waals surface area (Å²) in [7, 11) is 0. The van der Waals surface area contributed by atoms with Crippen LogP contribution < -0.4 is 41.4 Å². The van der Waals surface area contributed by atoms with E-state index < -0.39 is 22.5 Å². The summed E-state index contributed by atoms with van der Waals surface area (Å²) in [5, 5.41) is 19.1. The summed E-state index contributed by atoms with van der Waals surface area (Å²) < 4.78 is 27.8. The fraction of sp³-hybridized carbons (Fsp3) is 0.364. The number of hydrogen-bond donors (Lipinski definition) is 4. The molecule has 0 saturated heterocycles. The highest BCUT2D eigenvalue weighted by Crippen LogP contribution is 2.21. The maximum absolute atomic E-state index is 13.1. The molecule has 340 valence electrons. The first kappa shape index (κ1) is 46.8. The average molecular weight is 922 g/mol. The Bertz CT molecular complexity index is 2900. The summed E-state index contributed by atoms with van der Waals surface area (Å²) in [6.07, 6.45) is 5.52. The lowest BCUT2D eigenvalue weighted by molar-refractivity contribution is 0.215. The third kappa shape index (κ3) is 12.1. The van der Waals surface area contributed by atoms with Crippen molar-refractivity contribution in [1.82, 2.24) is 38.2 Å².